The fourth-order valence-corrected chi connectivity index (χ4v) is 12.4. The molecule has 0 unspecified atom stereocenters. The summed E-state index contributed by atoms with van der Waals surface area (Å²) in [5, 5.41) is 24.8. The Balaban J connectivity index is 1.29. The van der Waals surface area contributed by atoms with Crippen molar-refractivity contribution in [1.29, 1.82) is 10.5 Å². The maximum Gasteiger partial charge on any atom is 0.0991 e. The van der Waals surface area contributed by atoms with Crippen molar-refractivity contribution in [3.8, 4) is 23.3 Å². The Bertz CT molecular complexity index is 3320. The van der Waals surface area contributed by atoms with Crippen LogP contribution in [0, 0.1) is 22.7 Å². The van der Waals surface area contributed by atoms with Crippen LogP contribution in [0.1, 0.15) is 33.4 Å². The first-order valence-corrected chi connectivity index (χ1v) is 30.0. The molecule has 9 aromatic rings. The van der Waals surface area contributed by atoms with Crippen LogP contribution in [0.5, 0.6) is 0 Å². The summed E-state index contributed by atoms with van der Waals surface area (Å²) in [6.45, 7) is 14.3. The molecule has 0 saturated carbocycles. The Kier molecular flexibility index (Phi) is 10.9. The van der Waals surface area contributed by atoms with Gasteiger partial charge in [-0.3, -0.25) is 0 Å². The van der Waals surface area contributed by atoms with Gasteiger partial charge in [-0.1, -0.05) is 165 Å². The average molecular weight is 897 g/mol. The monoisotopic (exact) mass is 896 g/mol. The topological polar surface area (TPSA) is 54.1 Å². The molecule has 1 aliphatic carbocycles. The van der Waals surface area contributed by atoms with Crippen molar-refractivity contribution in [1.82, 2.24) is 0 Å². The standard InChI is InChI=1S/C61H52N4Si2/c1-66(2,3)52-34-29-48(30-35-52)64(47-25-21-43(41-62)22-26-47)51-33-38-56-57(39-51)61(45-15-9-7-10-16-45,46-17-11-8-12-18-46)58-40-59(54-19-13-14-20-55(54)60(56)58)65(49-27-23-44(42-63)24-28-49)50-31-36-53(37-32-50)67(4,5)6/h7-40H,1-6H3. The van der Waals surface area contributed by atoms with E-state index in [2.05, 4.69) is 243 Å². The quantitative estimate of drug-likeness (QED) is 0.128. The van der Waals surface area contributed by atoms with Gasteiger partial charge in [-0.25, -0.2) is 0 Å². The lowest BCUT2D eigenvalue weighted by Crippen LogP contribution is -2.37. The van der Waals surface area contributed by atoms with E-state index in [9.17, 15) is 10.5 Å². The van der Waals surface area contributed by atoms with Gasteiger partial charge in [0.2, 0.25) is 0 Å². The van der Waals surface area contributed by atoms with Crippen LogP contribution in [0.15, 0.2) is 206 Å². The van der Waals surface area contributed by atoms with Gasteiger partial charge < -0.3 is 9.80 Å². The summed E-state index contributed by atoms with van der Waals surface area (Å²) >= 11 is 0. The second kappa shape index (κ2) is 16.9. The van der Waals surface area contributed by atoms with Crippen molar-refractivity contribution in [3.05, 3.63) is 240 Å². The molecule has 0 bridgehead atoms. The summed E-state index contributed by atoms with van der Waals surface area (Å²) in [4.78, 5) is 4.71. The zero-order valence-electron chi connectivity index (χ0n) is 38.9. The molecule has 0 saturated heterocycles. The lowest BCUT2D eigenvalue weighted by Gasteiger charge is -2.36. The summed E-state index contributed by atoms with van der Waals surface area (Å²) in [5.74, 6) is 0. The Hall–Kier alpha value is -7.75. The molecule has 9 aromatic carbocycles. The molecule has 6 heteroatoms. The molecule has 67 heavy (non-hydrogen) atoms. The molecule has 10 rings (SSSR count). The zero-order valence-corrected chi connectivity index (χ0v) is 40.9. The van der Waals surface area contributed by atoms with E-state index in [0.29, 0.717) is 11.1 Å². The Labute approximate surface area is 397 Å². The first kappa shape index (κ1) is 43.2. The maximum atomic E-state index is 9.89. The lowest BCUT2D eigenvalue weighted by atomic mass is 9.67. The number of rotatable bonds is 10. The maximum absolute atomic E-state index is 9.89. The smallest absolute Gasteiger partial charge is 0.0991 e. The summed E-state index contributed by atoms with van der Waals surface area (Å²) in [5.41, 5.74) is 13.8. The van der Waals surface area contributed by atoms with Gasteiger partial charge in [0.15, 0.2) is 0 Å². The minimum atomic E-state index is -1.59. The van der Waals surface area contributed by atoms with E-state index in [1.54, 1.807) is 0 Å². The van der Waals surface area contributed by atoms with E-state index in [1.165, 1.54) is 49.1 Å². The molecule has 0 aliphatic heterocycles. The predicted octanol–water partition coefficient (Wildman–Crippen LogP) is 15.0. The molecule has 4 nitrogen and oxygen atoms in total. The number of nitrogens with zero attached hydrogens (tertiary/aromatic N) is 4. The molecule has 0 radical (unpaired) electrons. The Morgan fingerprint density at radius 1 is 0.388 bits per heavy atom. The molecule has 1 aliphatic rings. The predicted molar refractivity (Wildman–Crippen MR) is 286 cm³/mol. The van der Waals surface area contributed by atoms with Crippen LogP contribution in [0.2, 0.25) is 39.3 Å². The van der Waals surface area contributed by atoms with Crippen LogP contribution in [-0.4, -0.2) is 16.1 Å². The van der Waals surface area contributed by atoms with Crippen LogP contribution in [-0.2, 0) is 5.41 Å². The van der Waals surface area contributed by atoms with Gasteiger partial charge in [0.1, 0.15) is 0 Å². The summed E-state index contributed by atoms with van der Waals surface area (Å²) < 4.78 is 0. The molecule has 0 aromatic heterocycles. The van der Waals surface area contributed by atoms with Crippen LogP contribution >= 0.6 is 0 Å². The summed E-state index contributed by atoms with van der Waals surface area (Å²) in [6.07, 6.45) is 0. The van der Waals surface area contributed by atoms with Crippen molar-refractivity contribution < 1.29 is 0 Å². The van der Waals surface area contributed by atoms with Gasteiger partial charge in [-0.2, -0.15) is 10.5 Å². The number of hydrogen-bond donors (Lipinski definition) is 0. The minimum absolute atomic E-state index is 0.622. The Morgan fingerprint density at radius 2 is 0.791 bits per heavy atom. The summed E-state index contributed by atoms with van der Waals surface area (Å²) in [6, 6.07) is 79.2. The fraction of sp³-hybridized carbons (Fsp3) is 0.115. The van der Waals surface area contributed by atoms with Gasteiger partial charge in [-0.05, 0) is 130 Å². The number of fused-ring (bicyclic) bond motifs is 5. The lowest BCUT2D eigenvalue weighted by molar-refractivity contribution is 0.769. The van der Waals surface area contributed by atoms with Gasteiger partial charge in [-0.15, -0.1) is 0 Å². The minimum Gasteiger partial charge on any atom is -0.310 e. The van der Waals surface area contributed by atoms with Crippen molar-refractivity contribution in [2.75, 3.05) is 9.80 Å². The molecular weight excluding hydrogens is 845 g/mol. The van der Waals surface area contributed by atoms with Gasteiger partial charge in [0.25, 0.3) is 0 Å². The normalized spacial score (nSPS) is 12.7. The highest BCUT2D eigenvalue weighted by Crippen LogP contribution is 2.60. The highest BCUT2D eigenvalue weighted by molar-refractivity contribution is 6.89. The van der Waals surface area contributed by atoms with E-state index < -0.39 is 21.6 Å². The largest absolute Gasteiger partial charge is 0.310 e. The van der Waals surface area contributed by atoms with Gasteiger partial charge in [0, 0.05) is 33.8 Å². The van der Waals surface area contributed by atoms with Gasteiger partial charge >= 0.3 is 0 Å². The molecule has 0 fully saturated rings. The number of benzene rings is 9. The van der Waals surface area contributed by atoms with Crippen LogP contribution < -0.4 is 20.2 Å². The summed E-state index contributed by atoms with van der Waals surface area (Å²) in [7, 11) is -3.16. The number of anilines is 6. The van der Waals surface area contributed by atoms with E-state index in [4.69, 9.17) is 0 Å². The first-order chi connectivity index (χ1) is 32.4. The van der Waals surface area contributed by atoms with Crippen molar-refractivity contribution in [2.24, 2.45) is 0 Å². The van der Waals surface area contributed by atoms with Crippen molar-refractivity contribution in [2.45, 2.75) is 44.7 Å². The highest BCUT2D eigenvalue weighted by Gasteiger charge is 2.48. The molecular formula is C61H52N4Si2. The fourth-order valence-electron chi connectivity index (χ4n) is 10.1. The van der Waals surface area contributed by atoms with E-state index in [0.717, 1.165) is 39.5 Å². The third kappa shape index (κ3) is 7.55. The average Bonchev–Trinajstić information content (AvgIpc) is 3.65. The molecule has 0 spiro atoms. The van der Waals surface area contributed by atoms with E-state index in [-0.39, 0.29) is 0 Å². The second-order valence-electron chi connectivity index (χ2n) is 19.7. The highest BCUT2D eigenvalue weighted by atomic mass is 28.3. The molecule has 0 heterocycles. The van der Waals surface area contributed by atoms with Crippen LogP contribution in [0.4, 0.5) is 34.1 Å². The van der Waals surface area contributed by atoms with Crippen LogP contribution in [0.3, 0.4) is 0 Å². The third-order valence-electron chi connectivity index (χ3n) is 13.5. The SMILES string of the molecule is C[Si](C)(C)c1ccc(N(c2ccc(C#N)cc2)c2ccc3c(c2)C(c2ccccc2)(c2ccccc2)c2cc(N(c4ccc(C#N)cc4)c4ccc([Si](C)(C)C)cc4)c4ccccc4c2-3)cc1. The number of hydrogen-bond acceptors (Lipinski definition) is 4. The first-order valence-electron chi connectivity index (χ1n) is 23.0. The number of nitriles is 2. The van der Waals surface area contributed by atoms with Crippen molar-refractivity contribution >= 4 is 71.4 Å². The molecule has 0 atom stereocenters. The molecule has 0 N–H and O–H groups in total. The molecule has 324 valence electrons. The molecule has 0 amide bonds. The third-order valence-corrected chi connectivity index (χ3v) is 17.6. The Morgan fingerprint density at radius 3 is 1.24 bits per heavy atom. The second-order valence-corrected chi connectivity index (χ2v) is 29.8. The van der Waals surface area contributed by atoms with Gasteiger partial charge in [0.05, 0.1) is 50.5 Å². The van der Waals surface area contributed by atoms with E-state index >= 15 is 0 Å². The van der Waals surface area contributed by atoms with Crippen molar-refractivity contribution in [3.63, 3.8) is 0 Å². The zero-order chi connectivity index (χ0) is 46.5. The van der Waals surface area contributed by atoms with Crippen LogP contribution in [0.25, 0.3) is 21.9 Å². The van der Waals surface area contributed by atoms with E-state index in [1.807, 2.05) is 24.3 Å².